The van der Waals surface area contributed by atoms with E-state index in [9.17, 15) is 4.79 Å². The summed E-state index contributed by atoms with van der Waals surface area (Å²) >= 11 is 6.28. The van der Waals surface area contributed by atoms with Gasteiger partial charge in [-0.3, -0.25) is 4.79 Å². The number of fused-ring (bicyclic) bond motifs is 1. The highest BCUT2D eigenvalue weighted by molar-refractivity contribution is 6.31. The number of halogens is 1. The average Bonchev–Trinajstić information content (AvgIpc) is 3.07. The Morgan fingerprint density at radius 1 is 1.21 bits per heavy atom. The van der Waals surface area contributed by atoms with Crippen LogP contribution in [0.4, 0.5) is 5.82 Å². The normalized spacial score (nSPS) is 16.0. The van der Waals surface area contributed by atoms with Crippen LogP contribution in [0.2, 0.25) is 5.02 Å². The van der Waals surface area contributed by atoms with Crippen molar-refractivity contribution in [2.45, 2.75) is 39.2 Å². The molecular weight excluding hydrogens is 374 g/mol. The van der Waals surface area contributed by atoms with Gasteiger partial charge < -0.3 is 10.1 Å². The lowest BCUT2D eigenvalue weighted by Gasteiger charge is -2.24. The second kappa shape index (κ2) is 7.32. The third-order valence-electron chi connectivity index (χ3n) is 4.94. The standard InChI is InChI=1S/C22H22ClN3O2/c1-13(2)28-16-9-7-15(8-10-16)17-11-21(27)25-22-18(17)12-24-26(22)20-6-4-5-19(23)14(20)3/h4-10,12-13,17H,11H2,1-3H3,(H,25,27)/t17-/m0/s1. The molecule has 1 aliphatic heterocycles. The number of aromatic nitrogens is 2. The Morgan fingerprint density at radius 2 is 1.96 bits per heavy atom. The van der Waals surface area contributed by atoms with E-state index >= 15 is 0 Å². The first-order valence-corrected chi connectivity index (χ1v) is 9.71. The first-order chi connectivity index (χ1) is 13.4. The van der Waals surface area contributed by atoms with Crippen molar-refractivity contribution in [2.75, 3.05) is 5.32 Å². The van der Waals surface area contributed by atoms with Gasteiger partial charge in [0.05, 0.1) is 18.0 Å². The van der Waals surface area contributed by atoms with Crippen molar-refractivity contribution in [2.24, 2.45) is 0 Å². The SMILES string of the molecule is Cc1c(Cl)cccc1-n1ncc2c1NC(=O)C[C@H]2c1ccc(OC(C)C)cc1. The Kier molecular flexibility index (Phi) is 4.85. The van der Waals surface area contributed by atoms with Gasteiger partial charge in [0, 0.05) is 22.9 Å². The van der Waals surface area contributed by atoms with E-state index in [0.29, 0.717) is 17.3 Å². The first-order valence-electron chi connectivity index (χ1n) is 9.34. The largest absolute Gasteiger partial charge is 0.491 e. The lowest BCUT2D eigenvalue weighted by molar-refractivity contribution is -0.116. The van der Waals surface area contributed by atoms with E-state index < -0.39 is 0 Å². The zero-order chi connectivity index (χ0) is 19.8. The summed E-state index contributed by atoms with van der Waals surface area (Å²) in [7, 11) is 0. The van der Waals surface area contributed by atoms with Gasteiger partial charge in [0.1, 0.15) is 11.6 Å². The minimum Gasteiger partial charge on any atom is -0.491 e. The fourth-order valence-electron chi connectivity index (χ4n) is 3.58. The van der Waals surface area contributed by atoms with Gasteiger partial charge in [-0.2, -0.15) is 5.10 Å². The van der Waals surface area contributed by atoms with Crippen LogP contribution in [-0.2, 0) is 4.79 Å². The molecule has 0 bridgehead atoms. The number of carbonyl (C=O) groups excluding carboxylic acids is 1. The summed E-state index contributed by atoms with van der Waals surface area (Å²) in [6, 6.07) is 13.6. The van der Waals surface area contributed by atoms with Crippen molar-refractivity contribution in [3.63, 3.8) is 0 Å². The molecule has 0 radical (unpaired) electrons. The predicted octanol–water partition coefficient (Wildman–Crippen LogP) is 5.10. The summed E-state index contributed by atoms with van der Waals surface area (Å²) in [5.74, 6) is 1.45. The number of carbonyl (C=O) groups is 1. The van der Waals surface area contributed by atoms with Gasteiger partial charge in [0.25, 0.3) is 0 Å². The zero-order valence-electron chi connectivity index (χ0n) is 16.1. The smallest absolute Gasteiger partial charge is 0.226 e. The minimum atomic E-state index is -0.0508. The van der Waals surface area contributed by atoms with E-state index in [1.807, 2.05) is 69.4 Å². The zero-order valence-corrected chi connectivity index (χ0v) is 16.8. The topological polar surface area (TPSA) is 56.2 Å². The molecule has 0 unspecified atom stereocenters. The summed E-state index contributed by atoms with van der Waals surface area (Å²) < 4.78 is 7.49. The van der Waals surface area contributed by atoms with Gasteiger partial charge >= 0.3 is 0 Å². The number of amides is 1. The molecule has 1 aliphatic rings. The quantitative estimate of drug-likeness (QED) is 0.669. The van der Waals surface area contributed by atoms with E-state index in [1.54, 1.807) is 4.68 Å². The van der Waals surface area contributed by atoms with Gasteiger partial charge in [-0.15, -0.1) is 0 Å². The van der Waals surface area contributed by atoms with Crippen molar-refractivity contribution >= 4 is 23.3 Å². The summed E-state index contributed by atoms with van der Waals surface area (Å²) in [6.45, 7) is 5.94. The van der Waals surface area contributed by atoms with E-state index in [2.05, 4.69) is 10.4 Å². The van der Waals surface area contributed by atoms with Crippen LogP contribution in [0, 0.1) is 6.92 Å². The lowest BCUT2D eigenvalue weighted by Crippen LogP contribution is -2.24. The van der Waals surface area contributed by atoms with Gasteiger partial charge in [-0.1, -0.05) is 29.8 Å². The molecule has 28 heavy (non-hydrogen) atoms. The predicted molar refractivity (Wildman–Crippen MR) is 111 cm³/mol. The Balaban J connectivity index is 1.73. The minimum absolute atomic E-state index is 0.0264. The molecule has 1 amide bonds. The summed E-state index contributed by atoms with van der Waals surface area (Å²) in [5, 5.41) is 8.21. The second-order valence-electron chi connectivity index (χ2n) is 7.28. The number of rotatable bonds is 4. The average molecular weight is 396 g/mol. The van der Waals surface area contributed by atoms with Crippen LogP contribution in [0.5, 0.6) is 5.75 Å². The van der Waals surface area contributed by atoms with E-state index in [0.717, 1.165) is 28.1 Å². The fraction of sp³-hybridized carbons (Fsp3) is 0.273. The number of nitrogens with one attached hydrogen (secondary N) is 1. The molecule has 5 nitrogen and oxygen atoms in total. The molecular formula is C22H22ClN3O2. The molecule has 0 spiro atoms. The maximum absolute atomic E-state index is 12.5. The fourth-order valence-corrected chi connectivity index (χ4v) is 3.75. The van der Waals surface area contributed by atoms with Crippen LogP contribution < -0.4 is 10.1 Å². The van der Waals surface area contributed by atoms with Crippen LogP contribution >= 0.6 is 11.6 Å². The van der Waals surface area contributed by atoms with Crippen LogP contribution in [0.15, 0.2) is 48.7 Å². The van der Waals surface area contributed by atoms with Crippen LogP contribution in [0.3, 0.4) is 0 Å². The van der Waals surface area contributed by atoms with E-state index in [-0.39, 0.29) is 17.9 Å². The number of hydrogen-bond donors (Lipinski definition) is 1. The molecule has 0 fully saturated rings. The Bertz CT molecular complexity index is 1020. The highest BCUT2D eigenvalue weighted by atomic mass is 35.5. The molecule has 1 aromatic heterocycles. The van der Waals surface area contributed by atoms with Gasteiger partial charge in [0.15, 0.2) is 0 Å². The highest BCUT2D eigenvalue weighted by Crippen LogP contribution is 2.39. The Morgan fingerprint density at radius 3 is 2.68 bits per heavy atom. The molecule has 144 valence electrons. The molecule has 6 heteroatoms. The molecule has 2 aromatic carbocycles. The van der Waals surface area contributed by atoms with Crippen LogP contribution in [-0.4, -0.2) is 21.8 Å². The van der Waals surface area contributed by atoms with Gasteiger partial charge in [-0.25, -0.2) is 4.68 Å². The molecule has 2 heterocycles. The van der Waals surface area contributed by atoms with Gasteiger partial charge in [0.2, 0.25) is 5.91 Å². The summed E-state index contributed by atoms with van der Waals surface area (Å²) in [4.78, 5) is 12.5. The van der Waals surface area contributed by atoms with Crippen LogP contribution in [0.1, 0.15) is 42.9 Å². The van der Waals surface area contributed by atoms with Crippen LogP contribution in [0.25, 0.3) is 5.69 Å². The Labute approximate surface area is 169 Å². The van der Waals surface area contributed by atoms with Crippen molar-refractivity contribution in [3.05, 3.63) is 70.4 Å². The molecule has 3 aromatic rings. The molecule has 0 saturated heterocycles. The molecule has 1 atom stereocenters. The third-order valence-corrected chi connectivity index (χ3v) is 5.35. The lowest BCUT2D eigenvalue weighted by atomic mass is 9.87. The van der Waals surface area contributed by atoms with Gasteiger partial charge in [-0.05, 0) is 56.2 Å². The molecule has 0 saturated carbocycles. The summed E-state index contributed by atoms with van der Waals surface area (Å²) in [6.07, 6.45) is 2.34. The number of benzene rings is 2. The van der Waals surface area contributed by atoms with Crippen molar-refractivity contribution in [1.82, 2.24) is 9.78 Å². The monoisotopic (exact) mass is 395 g/mol. The maximum atomic E-state index is 12.5. The second-order valence-corrected chi connectivity index (χ2v) is 7.69. The Hall–Kier alpha value is -2.79. The summed E-state index contributed by atoms with van der Waals surface area (Å²) in [5.41, 5.74) is 3.84. The molecule has 1 N–H and O–H groups in total. The molecule has 4 rings (SSSR count). The van der Waals surface area contributed by atoms with E-state index in [4.69, 9.17) is 16.3 Å². The number of nitrogens with zero attached hydrogens (tertiary/aromatic N) is 2. The highest BCUT2D eigenvalue weighted by Gasteiger charge is 2.30. The number of ether oxygens (including phenoxy) is 1. The number of anilines is 1. The van der Waals surface area contributed by atoms with Crippen molar-refractivity contribution < 1.29 is 9.53 Å². The number of hydrogen-bond acceptors (Lipinski definition) is 3. The molecule has 0 aliphatic carbocycles. The maximum Gasteiger partial charge on any atom is 0.226 e. The van der Waals surface area contributed by atoms with Crippen molar-refractivity contribution in [1.29, 1.82) is 0 Å². The third kappa shape index (κ3) is 3.38. The van der Waals surface area contributed by atoms with E-state index in [1.165, 1.54) is 0 Å². The van der Waals surface area contributed by atoms with Crippen molar-refractivity contribution in [3.8, 4) is 11.4 Å². The first kappa shape index (κ1) is 18.6.